The lowest BCUT2D eigenvalue weighted by molar-refractivity contribution is 0.0752. The minimum absolute atomic E-state index is 0.0352. The number of hydrogen-bond acceptors (Lipinski definition) is 7. The van der Waals surface area contributed by atoms with Crippen molar-refractivity contribution in [2.24, 2.45) is 5.41 Å². The molecule has 3 heterocycles. The number of fused-ring (bicyclic) bond motifs is 2. The first-order valence-electron chi connectivity index (χ1n) is 14.7. The van der Waals surface area contributed by atoms with Gasteiger partial charge >= 0.3 is 6.01 Å². The van der Waals surface area contributed by atoms with Crippen molar-refractivity contribution in [1.82, 2.24) is 19.8 Å². The van der Waals surface area contributed by atoms with E-state index in [2.05, 4.69) is 36.7 Å². The van der Waals surface area contributed by atoms with E-state index in [1.54, 1.807) is 11.0 Å². The molecular weight excluding hydrogens is 514 g/mol. The van der Waals surface area contributed by atoms with Gasteiger partial charge in [0.2, 0.25) is 0 Å². The molecule has 0 bridgehead atoms. The normalized spacial score (nSPS) is 19.6. The second-order valence-electron chi connectivity index (χ2n) is 12.4. The van der Waals surface area contributed by atoms with Crippen molar-refractivity contribution in [3.05, 3.63) is 52.7 Å². The molecule has 0 radical (unpaired) electrons. The highest BCUT2D eigenvalue weighted by atomic mass is 16.5. The van der Waals surface area contributed by atoms with Crippen LogP contribution in [0.4, 0.5) is 5.82 Å². The molecule has 2 aromatic carbocycles. The fourth-order valence-corrected chi connectivity index (χ4v) is 6.54. The molecule has 2 aliphatic heterocycles. The molecule has 1 atom stereocenters. The largest absolute Gasteiger partial charge is 0.508 e. The summed E-state index contributed by atoms with van der Waals surface area (Å²) in [7, 11) is 4.19. The first-order valence-corrected chi connectivity index (χ1v) is 14.7. The Labute approximate surface area is 242 Å². The number of terminal acetylenes is 1. The van der Waals surface area contributed by atoms with Crippen molar-refractivity contribution in [2.75, 3.05) is 38.7 Å². The molecule has 41 heavy (non-hydrogen) atoms. The van der Waals surface area contributed by atoms with Crippen LogP contribution in [0.15, 0.2) is 30.3 Å². The van der Waals surface area contributed by atoms with Crippen molar-refractivity contribution < 1.29 is 14.6 Å². The quantitative estimate of drug-likeness (QED) is 0.414. The Morgan fingerprint density at radius 1 is 1.20 bits per heavy atom. The van der Waals surface area contributed by atoms with Crippen LogP contribution in [0.2, 0.25) is 0 Å². The van der Waals surface area contributed by atoms with Crippen LogP contribution >= 0.6 is 0 Å². The summed E-state index contributed by atoms with van der Waals surface area (Å²) in [4.78, 5) is 30.3. The van der Waals surface area contributed by atoms with E-state index in [4.69, 9.17) is 21.1 Å². The smallest absolute Gasteiger partial charge is 0.318 e. The first kappa shape index (κ1) is 27.3. The van der Waals surface area contributed by atoms with Crippen molar-refractivity contribution in [1.29, 1.82) is 0 Å². The minimum atomic E-state index is -0.188. The van der Waals surface area contributed by atoms with Crippen LogP contribution in [0.5, 0.6) is 11.8 Å². The lowest BCUT2D eigenvalue weighted by Crippen LogP contribution is -2.34. The number of aromatic nitrogens is 2. The second-order valence-corrected chi connectivity index (χ2v) is 12.4. The number of phenolic OH excluding ortho intramolecular Hbond substituents is 1. The monoisotopic (exact) mass is 553 g/mol. The number of anilines is 1. The summed E-state index contributed by atoms with van der Waals surface area (Å²) in [5, 5.41) is 11.9. The third-order valence-electron chi connectivity index (χ3n) is 8.82. The number of phenols is 1. The molecule has 1 saturated heterocycles. The summed E-state index contributed by atoms with van der Waals surface area (Å²) in [5.74, 6) is 3.44. The first-order chi connectivity index (χ1) is 19.8. The summed E-state index contributed by atoms with van der Waals surface area (Å²) in [6.45, 7) is 5.49. The number of carbonyl (C=O) groups is 1. The van der Waals surface area contributed by atoms with Gasteiger partial charge in [-0.25, -0.2) is 0 Å². The molecule has 1 amide bonds. The van der Waals surface area contributed by atoms with Crippen LogP contribution in [0.25, 0.3) is 10.8 Å². The standard InChI is InChI=1S/C33H39N5O3/c1-5-23-11-9-12-24-16-25(39)17-26(29(23)24)31(40)37-18-27-28(19-37)34-32(41-21-33(13-14-33)20-36(3)4)35-30(27)38-15-8-6-7-10-22(38)2/h1,9,11-12,16-17,22,39H,6-8,10,13-15,18-21H2,2-4H3. The molecule has 1 aromatic heterocycles. The van der Waals surface area contributed by atoms with Crippen LogP contribution in [-0.2, 0) is 13.1 Å². The molecule has 1 N–H and O–H groups in total. The summed E-state index contributed by atoms with van der Waals surface area (Å²) in [5.41, 5.74) is 3.00. The Morgan fingerprint density at radius 3 is 2.78 bits per heavy atom. The zero-order valence-electron chi connectivity index (χ0n) is 24.3. The molecule has 3 aromatic rings. The molecule has 1 unspecified atom stereocenters. The predicted molar refractivity (Wildman–Crippen MR) is 160 cm³/mol. The molecule has 1 saturated carbocycles. The number of carbonyl (C=O) groups excluding carboxylic acids is 1. The highest BCUT2D eigenvalue weighted by Gasteiger charge is 2.44. The van der Waals surface area contributed by atoms with E-state index < -0.39 is 0 Å². The van der Waals surface area contributed by atoms with Crippen LogP contribution in [0.1, 0.15) is 72.6 Å². The molecular formula is C33H39N5O3. The molecule has 8 nitrogen and oxygen atoms in total. The van der Waals surface area contributed by atoms with Gasteiger partial charge in [-0.2, -0.15) is 9.97 Å². The van der Waals surface area contributed by atoms with Gasteiger partial charge in [-0.15, -0.1) is 6.42 Å². The Bertz CT molecular complexity index is 1520. The number of hydrogen-bond donors (Lipinski definition) is 1. The third kappa shape index (κ3) is 5.43. The van der Waals surface area contributed by atoms with Crippen LogP contribution in [0, 0.1) is 17.8 Å². The highest BCUT2D eigenvalue weighted by Crippen LogP contribution is 2.46. The van der Waals surface area contributed by atoms with Crippen molar-refractivity contribution in [3.8, 4) is 24.1 Å². The molecule has 6 rings (SSSR count). The van der Waals surface area contributed by atoms with Gasteiger partial charge in [-0.1, -0.05) is 30.9 Å². The van der Waals surface area contributed by atoms with Crippen LogP contribution in [0.3, 0.4) is 0 Å². The van der Waals surface area contributed by atoms with Crippen molar-refractivity contribution in [3.63, 3.8) is 0 Å². The van der Waals surface area contributed by atoms with Crippen molar-refractivity contribution >= 4 is 22.5 Å². The molecule has 2 fully saturated rings. The average molecular weight is 554 g/mol. The lowest BCUT2D eigenvalue weighted by Gasteiger charge is -2.30. The van der Waals surface area contributed by atoms with Crippen LogP contribution < -0.4 is 9.64 Å². The van der Waals surface area contributed by atoms with Crippen molar-refractivity contribution in [2.45, 2.75) is 64.6 Å². The van der Waals surface area contributed by atoms with Gasteiger partial charge in [0.05, 0.1) is 31.0 Å². The van der Waals surface area contributed by atoms with E-state index in [1.165, 1.54) is 18.9 Å². The van der Waals surface area contributed by atoms with E-state index in [9.17, 15) is 9.90 Å². The number of nitrogens with zero attached hydrogens (tertiary/aromatic N) is 5. The summed E-state index contributed by atoms with van der Waals surface area (Å²) >= 11 is 0. The third-order valence-corrected chi connectivity index (χ3v) is 8.82. The van der Waals surface area contributed by atoms with Gasteiger partial charge in [-0.3, -0.25) is 4.79 Å². The van der Waals surface area contributed by atoms with Gasteiger partial charge < -0.3 is 24.5 Å². The minimum Gasteiger partial charge on any atom is -0.508 e. The topological polar surface area (TPSA) is 82.0 Å². The molecule has 1 aliphatic carbocycles. The number of aromatic hydroxyl groups is 1. The number of amides is 1. The van der Waals surface area contributed by atoms with E-state index in [0.29, 0.717) is 48.3 Å². The molecule has 3 aliphatic rings. The number of benzene rings is 2. The predicted octanol–water partition coefficient (Wildman–Crippen LogP) is 4.96. The zero-order valence-corrected chi connectivity index (χ0v) is 24.3. The Morgan fingerprint density at radius 2 is 2.02 bits per heavy atom. The maximum atomic E-state index is 14.1. The van der Waals surface area contributed by atoms with E-state index in [-0.39, 0.29) is 17.1 Å². The van der Waals surface area contributed by atoms with E-state index >= 15 is 0 Å². The van der Waals surface area contributed by atoms with E-state index in [1.807, 2.05) is 18.2 Å². The van der Waals surface area contributed by atoms with Gasteiger partial charge in [0.1, 0.15) is 11.6 Å². The summed E-state index contributed by atoms with van der Waals surface area (Å²) < 4.78 is 6.31. The zero-order chi connectivity index (χ0) is 28.7. The number of rotatable bonds is 7. The molecule has 214 valence electrons. The number of ether oxygens (including phenoxy) is 1. The van der Waals surface area contributed by atoms with Gasteiger partial charge in [-0.05, 0) is 70.3 Å². The Hall–Kier alpha value is -3.83. The average Bonchev–Trinajstić information content (AvgIpc) is 3.63. The maximum Gasteiger partial charge on any atom is 0.318 e. The Kier molecular flexibility index (Phi) is 7.25. The van der Waals surface area contributed by atoms with Crippen LogP contribution in [-0.4, -0.2) is 70.6 Å². The fraction of sp³-hybridized carbons (Fsp3) is 0.485. The SMILES string of the molecule is C#Cc1cccc2cc(O)cc(C(=O)N3Cc4nc(OCC5(CN(C)C)CC5)nc(N5CCCCCC5C)c4C3)c12. The maximum absolute atomic E-state index is 14.1. The van der Waals surface area contributed by atoms with Gasteiger partial charge in [0.15, 0.2) is 0 Å². The van der Waals surface area contributed by atoms with E-state index in [0.717, 1.165) is 61.2 Å². The fourth-order valence-electron chi connectivity index (χ4n) is 6.54. The van der Waals surface area contributed by atoms with Gasteiger partial charge in [0, 0.05) is 41.1 Å². The summed E-state index contributed by atoms with van der Waals surface area (Å²) in [6.07, 6.45) is 12.7. The lowest BCUT2D eigenvalue weighted by atomic mass is 9.98. The van der Waals surface area contributed by atoms with Gasteiger partial charge in [0.25, 0.3) is 5.91 Å². The highest BCUT2D eigenvalue weighted by molar-refractivity contribution is 6.09. The Balaban J connectivity index is 1.35. The molecule has 0 spiro atoms. The molecule has 8 heteroatoms. The summed E-state index contributed by atoms with van der Waals surface area (Å²) in [6, 6.07) is 9.42. The second kappa shape index (κ2) is 10.9.